The molecule has 1 atom stereocenters. The van der Waals surface area contributed by atoms with Crippen molar-refractivity contribution in [2.75, 3.05) is 20.3 Å². The number of aliphatic hydroxyl groups is 1. The van der Waals surface area contributed by atoms with Gasteiger partial charge in [0.15, 0.2) is 18.1 Å². The van der Waals surface area contributed by atoms with Crippen molar-refractivity contribution in [3.63, 3.8) is 0 Å². The van der Waals surface area contributed by atoms with Crippen LogP contribution in [0.15, 0.2) is 18.2 Å². The van der Waals surface area contributed by atoms with Gasteiger partial charge in [0, 0.05) is 23.7 Å². The zero-order chi connectivity index (χ0) is 18.2. The van der Waals surface area contributed by atoms with E-state index in [4.69, 9.17) is 9.47 Å². The second-order valence-corrected chi connectivity index (χ2v) is 6.70. The van der Waals surface area contributed by atoms with Crippen molar-refractivity contribution in [3.8, 4) is 11.5 Å². The molecule has 0 bridgehead atoms. The molecule has 0 radical (unpaired) electrons. The quantitative estimate of drug-likeness (QED) is 0.640. The molecule has 24 heavy (non-hydrogen) atoms. The third-order valence-electron chi connectivity index (χ3n) is 3.44. The van der Waals surface area contributed by atoms with Gasteiger partial charge < -0.3 is 25.2 Å². The van der Waals surface area contributed by atoms with E-state index in [1.54, 1.807) is 13.2 Å². The molecule has 0 aromatic heterocycles. The highest BCUT2D eigenvalue weighted by molar-refractivity contribution is 5.78. The van der Waals surface area contributed by atoms with E-state index in [9.17, 15) is 9.90 Å². The summed E-state index contributed by atoms with van der Waals surface area (Å²) in [5.41, 5.74) is 0.575. The molecule has 1 aromatic rings. The maximum Gasteiger partial charge on any atom is 0.258 e. The first-order valence-electron chi connectivity index (χ1n) is 8.24. The van der Waals surface area contributed by atoms with Crippen LogP contribution in [0.3, 0.4) is 0 Å². The van der Waals surface area contributed by atoms with Crippen LogP contribution in [0.25, 0.3) is 0 Å². The Labute approximate surface area is 144 Å². The summed E-state index contributed by atoms with van der Waals surface area (Å²) >= 11 is 0. The zero-order valence-corrected chi connectivity index (χ0v) is 15.3. The molecule has 3 N–H and O–H groups in total. The van der Waals surface area contributed by atoms with Crippen molar-refractivity contribution in [1.82, 2.24) is 10.6 Å². The topological polar surface area (TPSA) is 79.8 Å². The predicted octanol–water partition coefficient (Wildman–Crippen LogP) is 1.85. The van der Waals surface area contributed by atoms with Crippen molar-refractivity contribution in [2.24, 2.45) is 0 Å². The molecule has 1 amide bonds. The maximum atomic E-state index is 12.0. The van der Waals surface area contributed by atoms with Crippen LogP contribution in [0.1, 0.15) is 39.7 Å². The van der Waals surface area contributed by atoms with Crippen LogP contribution in [0, 0.1) is 0 Å². The summed E-state index contributed by atoms with van der Waals surface area (Å²) in [6, 6.07) is 5.60. The van der Waals surface area contributed by atoms with Crippen molar-refractivity contribution < 1.29 is 19.4 Å². The summed E-state index contributed by atoms with van der Waals surface area (Å²) in [4.78, 5) is 12.0. The molecule has 0 aliphatic heterocycles. The third kappa shape index (κ3) is 6.76. The van der Waals surface area contributed by atoms with Gasteiger partial charge in [0.2, 0.25) is 0 Å². The molecular formula is C18H30N2O4. The summed E-state index contributed by atoms with van der Waals surface area (Å²) in [6.45, 7) is 8.28. The third-order valence-corrected chi connectivity index (χ3v) is 3.44. The van der Waals surface area contributed by atoms with Gasteiger partial charge in [-0.05, 0) is 33.3 Å². The Morgan fingerprint density at radius 2 is 2.04 bits per heavy atom. The minimum Gasteiger partial charge on any atom is -0.493 e. The average molecular weight is 338 g/mol. The number of hydrogen-bond acceptors (Lipinski definition) is 5. The fourth-order valence-electron chi connectivity index (χ4n) is 2.21. The first-order valence-corrected chi connectivity index (χ1v) is 8.24. The van der Waals surface area contributed by atoms with Crippen molar-refractivity contribution in [1.29, 1.82) is 0 Å². The van der Waals surface area contributed by atoms with E-state index in [2.05, 4.69) is 10.6 Å². The van der Waals surface area contributed by atoms with E-state index in [-0.39, 0.29) is 30.7 Å². The molecule has 0 aliphatic carbocycles. The molecule has 136 valence electrons. The average Bonchev–Trinajstić information content (AvgIpc) is 2.52. The highest BCUT2D eigenvalue weighted by Gasteiger charge is 2.17. The summed E-state index contributed by atoms with van der Waals surface area (Å²) in [6.07, 6.45) is 0.824. The van der Waals surface area contributed by atoms with Gasteiger partial charge in [0.05, 0.1) is 13.7 Å². The number of rotatable bonds is 9. The minimum atomic E-state index is -0.304. The Balaban J connectivity index is 2.81. The molecule has 0 saturated heterocycles. The van der Waals surface area contributed by atoms with E-state index in [1.807, 2.05) is 39.8 Å². The zero-order valence-electron chi connectivity index (χ0n) is 15.3. The molecule has 0 unspecified atom stereocenters. The Bertz CT molecular complexity index is 522. The Morgan fingerprint density at radius 1 is 1.33 bits per heavy atom. The van der Waals surface area contributed by atoms with Crippen LogP contribution in [0.2, 0.25) is 0 Å². The van der Waals surface area contributed by atoms with Gasteiger partial charge in [-0.2, -0.15) is 0 Å². The normalized spacial score (nSPS) is 12.6. The van der Waals surface area contributed by atoms with Crippen molar-refractivity contribution >= 4 is 5.91 Å². The lowest BCUT2D eigenvalue weighted by Gasteiger charge is -2.21. The molecule has 6 heteroatoms. The lowest BCUT2D eigenvalue weighted by Crippen LogP contribution is -2.43. The molecule has 6 nitrogen and oxygen atoms in total. The van der Waals surface area contributed by atoms with Crippen LogP contribution in [0.4, 0.5) is 0 Å². The first-order chi connectivity index (χ1) is 11.3. The second-order valence-electron chi connectivity index (χ2n) is 6.70. The lowest BCUT2D eigenvalue weighted by molar-refractivity contribution is -0.124. The van der Waals surface area contributed by atoms with Crippen molar-refractivity contribution in [3.05, 3.63) is 23.8 Å². The molecule has 1 aromatic carbocycles. The number of amides is 1. The SMILES string of the molecule is CC[C@H](CO)NCc1cccc(OC)c1OCC(=O)NC(C)(C)C. The molecule has 1 rings (SSSR count). The van der Waals surface area contributed by atoms with Gasteiger partial charge >= 0.3 is 0 Å². The molecule has 0 spiro atoms. The number of ether oxygens (including phenoxy) is 2. The Kier molecular flexibility index (Phi) is 8.01. The molecule has 0 heterocycles. The van der Waals surface area contributed by atoms with Gasteiger partial charge in [0.25, 0.3) is 5.91 Å². The number of carbonyl (C=O) groups excluding carboxylic acids is 1. The Morgan fingerprint density at radius 3 is 2.58 bits per heavy atom. The number of nitrogens with one attached hydrogen (secondary N) is 2. The van der Waals surface area contributed by atoms with E-state index in [0.717, 1.165) is 12.0 Å². The summed E-state index contributed by atoms with van der Waals surface area (Å²) in [5.74, 6) is 0.938. The number of para-hydroxylation sites is 1. The lowest BCUT2D eigenvalue weighted by atomic mass is 10.1. The number of methoxy groups -OCH3 is 1. The van der Waals surface area contributed by atoms with E-state index >= 15 is 0 Å². The molecule has 0 saturated carbocycles. The van der Waals surface area contributed by atoms with Gasteiger partial charge in [-0.3, -0.25) is 4.79 Å². The fraction of sp³-hybridized carbons (Fsp3) is 0.611. The van der Waals surface area contributed by atoms with E-state index < -0.39 is 0 Å². The highest BCUT2D eigenvalue weighted by Crippen LogP contribution is 2.31. The highest BCUT2D eigenvalue weighted by atomic mass is 16.5. The summed E-state index contributed by atoms with van der Waals surface area (Å²) in [5, 5.41) is 15.4. The van der Waals surface area contributed by atoms with Gasteiger partial charge in [-0.25, -0.2) is 0 Å². The Hall–Kier alpha value is -1.79. The van der Waals surface area contributed by atoms with E-state index in [1.165, 1.54) is 0 Å². The molecular weight excluding hydrogens is 308 g/mol. The second kappa shape index (κ2) is 9.49. The molecule has 0 fully saturated rings. The van der Waals surface area contributed by atoms with Crippen LogP contribution >= 0.6 is 0 Å². The number of benzene rings is 1. The number of carbonyl (C=O) groups is 1. The van der Waals surface area contributed by atoms with Crippen LogP contribution < -0.4 is 20.1 Å². The smallest absolute Gasteiger partial charge is 0.258 e. The van der Waals surface area contributed by atoms with Crippen molar-refractivity contribution in [2.45, 2.75) is 52.2 Å². The monoisotopic (exact) mass is 338 g/mol. The van der Waals surface area contributed by atoms with Crippen LogP contribution in [-0.2, 0) is 11.3 Å². The number of hydrogen-bond donors (Lipinski definition) is 3. The van der Waals surface area contributed by atoms with Gasteiger partial charge in [0.1, 0.15) is 0 Å². The molecule has 0 aliphatic rings. The van der Waals surface area contributed by atoms with Crippen LogP contribution in [0.5, 0.6) is 11.5 Å². The maximum absolute atomic E-state index is 12.0. The largest absolute Gasteiger partial charge is 0.493 e. The van der Waals surface area contributed by atoms with Crippen LogP contribution in [-0.4, -0.2) is 42.9 Å². The summed E-state index contributed by atoms with van der Waals surface area (Å²) < 4.78 is 11.1. The number of aliphatic hydroxyl groups excluding tert-OH is 1. The van der Waals surface area contributed by atoms with E-state index in [0.29, 0.717) is 18.0 Å². The van der Waals surface area contributed by atoms with Gasteiger partial charge in [-0.1, -0.05) is 19.1 Å². The standard InChI is InChI=1S/C18H30N2O4/c1-6-14(11-21)19-10-13-8-7-9-15(23-5)17(13)24-12-16(22)20-18(2,3)4/h7-9,14,19,21H,6,10-12H2,1-5H3,(H,20,22)/t14-/m1/s1. The predicted molar refractivity (Wildman–Crippen MR) is 94.4 cm³/mol. The first kappa shape index (κ1) is 20.3. The minimum absolute atomic E-state index is 0.0215. The van der Waals surface area contributed by atoms with Gasteiger partial charge in [-0.15, -0.1) is 0 Å². The fourth-order valence-corrected chi connectivity index (χ4v) is 2.21. The summed E-state index contributed by atoms with van der Waals surface area (Å²) in [7, 11) is 1.57.